The van der Waals surface area contributed by atoms with Crippen LogP contribution in [0.15, 0.2) is 52.9 Å². The first-order valence-corrected chi connectivity index (χ1v) is 9.36. The van der Waals surface area contributed by atoms with Gasteiger partial charge >= 0.3 is 0 Å². The van der Waals surface area contributed by atoms with Gasteiger partial charge in [-0.1, -0.05) is 23.2 Å². The second-order valence-electron chi connectivity index (χ2n) is 6.28. The Balaban J connectivity index is 1.68. The van der Waals surface area contributed by atoms with E-state index in [1.165, 1.54) is 0 Å². The van der Waals surface area contributed by atoms with E-state index in [4.69, 9.17) is 37.5 Å². The topological polar surface area (TPSA) is 71.7 Å². The highest BCUT2D eigenvalue weighted by Gasteiger charge is 2.17. The Morgan fingerprint density at radius 3 is 2.61 bits per heavy atom. The molecule has 5 nitrogen and oxygen atoms in total. The van der Waals surface area contributed by atoms with Crippen LogP contribution in [0.1, 0.15) is 18.2 Å². The van der Waals surface area contributed by atoms with Crippen LogP contribution >= 0.6 is 23.2 Å². The van der Waals surface area contributed by atoms with Crippen molar-refractivity contribution in [1.82, 2.24) is 0 Å². The fraction of sp³-hybridized carbons (Fsp3) is 0.190. The average Bonchev–Trinajstić information content (AvgIpc) is 3.13. The van der Waals surface area contributed by atoms with Crippen molar-refractivity contribution >= 4 is 34.8 Å². The van der Waals surface area contributed by atoms with Crippen LogP contribution in [0.4, 0.5) is 5.69 Å². The Labute approximate surface area is 172 Å². The predicted molar refractivity (Wildman–Crippen MR) is 110 cm³/mol. The van der Waals surface area contributed by atoms with Crippen molar-refractivity contribution in [2.45, 2.75) is 26.6 Å². The lowest BCUT2D eigenvalue weighted by Gasteiger charge is -2.16. The van der Waals surface area contributed by atoms with Crippen LogP contribution in [0.5, 0.6) is 5.75 Å². The Kier molecular flexibility index (Phi) is 6.29. The molecule has 0 spiro atoms. The molecule has 0 radical (unpaired) electrons. The third-order valence-electron chi connectivity index (χ3n) is 4.14. The third-order valence-corrected chi connectivity index (χ3v) is 4.67. The lowest BCUT2D eigenvalue weighted by Crippen LogP contribution is -2.30. The molecule has 0 aliphatic heterocycles. The standard InChI is InChI=1S/C21H19Cl2NO4/c1-12-9-15(4-6-17(12)19-8-5-16(11-25)28-19)24-21(26)13(2)27-20-7-3-14(22)10-18(20)23/h3-10,13,25H,11H2,1-2H3,(H,24,26)/t13-/m1/s1. The van der Waals surface area contributed by atoms with Crippen LogP contribution in [-0.4, -0.2) is 17.1 Å². The first-order chi connectivity index (χ1) is 13.4. The Morgan fingerprint density at radius 1 is 1.18 bits per heavy atom. The minimum atomic E-state index is -0.754. The number of carbonyl (C=O) groups excluding carboxylic acids is 1. The highest BCUT2D eigenvalue weighted by atomic mass is 35.5. The maximum absolute atomic E-state index is 12.5. The molecule has 1 atom stereocenters. The first-order valence-electron chi connectivity index (χ1n) is 8.60. The number of anilines is 1. The number of aliphatic hydroxyl groups is 1. The van der Waals surface area contributed by atoms with Crippen LogP contribution in [0.2, 0.25) is 10.0 Å². The molecule has 1 heterocycles. The van der Waals surface area contributed by atoms with Crippen LogP contribution in [-0.2, 0) is 11.4 Å². The van der Waals surface area contributed by atoms with E-state index in [-0.39, 0.29) is 12.5 Å². The van der Waals surface area contributed by atoms with E-state index in [9.17, 15) is 4.79 Å². The van der Waals surface area contributed by atoms with Crippen molar-refractivity contribution in [3.63, 3.8) is 0 Å². The fourth-order valence-corrected chi connectivity index (χ4v) is 3.14. The minimum absolute atomic E-state index is 0.150. The van der Waals surface area contributed by atoms with Gasteiger partial charge < -0.3 is 19.6 Å². The number of nitrogens with one attached hydrogen (secondary N) is 1. The zero-order valence-electron chi connectivity index (χ0n) is 15.3. The van der Waals surface area contributed by atoms with E-state index in [1.807, 2.05) is 19.1 Å². The van der Waals surface area contributed by atoms with E-state index in [0.29, 0.717) is 33.0 Å². The largest absolute Gasteiger partial charge is 0.479 e. The fourth-order valence-electron chi connectivity index (χ4n) is 2.68. The van der Waals surface area contributed by atoms with Gasteiger partial charge in [0.1, 0.15) is 23.9 Å². The summed E-state index contributed by atoms with van der Waals surface area (Å²) in [6, 6.07) is 13.8. The number of furan rings is 1. The van der Waals surface area contributed by atoms with Crippen molar-refractivity contribution < 1.29 is 19.1 Å². The summed E-state index contributed by atoms with van der Waals surface area (Å²) in [6.45, 7) is 3.41. The summed E-state index contributed by atoms with van der Waals surface area (Å²) >= 11 is 11.9. The van der Waals surface area contributed by atoms with Crippen LogP contribution in [0.3, 0.4) is 0 Å². The lowest BCUT2D eigenvalue weighted by molar-refractivity contribution is -0.122. The molecule has 7 heteroatoms. The van der Waals surface area contributed by atoms with Crippen LogP contribution < -0.4 is 10.1 Å². The van der Waals surface area contributed by atoms with Crippen molar-refractivity contribution in [3.8, 4) is 17.1 Å². The maximum atomic E-state index is 12.5. The summed E-state index contributed by atoms with van der Waals surface area (Å²) < 4.78 is 11.2. The number of aliphatic hydroxyl groups excluding tert-OH is 1. The third kappa shape index (κ3) is 4.68. The molecule has 3 aromatic rings. The number of amides is 1. The normalized spacial score (nSPS) is 11.9. The number of benzene rings is 2. The van der Waals surface area contributed by atoms with Gasteiger partial charge in [-0.3, -0.25) is 4.79 Å². The molecule has 0 aliphatic rings. The zero-order valence-corrected chi connectivity index (χ0v) is 16.8. The van der Waals surface area contributed by atoms with E-state index in [0.717, 1.165) is 11.1 Å². The second kappa shape index (κ2) is 8.69. The van der Waals surface area contributed by atoms with Gasteiger partial charge in [-0.05, 0) is 67.9 Å². The molecule has 0 aliphatic carbocycles. The number of ether oxygens (including phenoxy) is 1. The molecule has 0 saturated heterocycles. The van der Waals surface area contributed by atoms with Gasteiger partial charge in [-0.25, -0.2) is 0 Å². The lowest BCUT2D eigenvalue weighted by atomic mass is 10.1. The van der Waals surface area contributed by atoms with Gasteiger partial charge in [0.2, 0.25) is 0 Å². The van der Waals surface area contributed by atoms with Gasteiger partial charge in [-0.15, -0.1) is 0 Å². The highest BCUT2D eigenvalue weighted by Crippen LogP contribution is 2.29. The summed E-state index contributed by atoms with van der Waals surface area (Å²) in [4.78, 5) is 12.5. The summed E-state index contributed by atoms with van der Waals surface area (Å²) in [6.07, 6.45) is -0.754. The summed E-state index contributed by atoms with van der Waals surface area (Å²) in [7, 11) is 0. The number of carbonyl (C=O) groups is 1. The monoisotopic (exact) mass is 419 g/mol. The molecular formula is C21H19Cl2NO4. The molecule has 146 valence electrons. The van der Waals surface area contributed by atoms with E-state index >= 15 is 0 Å². The summed E-state index contributed by atoms with van der Waals surface area (Å²) in [5.41, 5.74) is 2.44. The Hall–Kier alpha value is -2.47. The van der Waals surface area contributed by atoms with Crippen molar-refractivity contribution in [2.75, 3.05) is 5.32 Å². The molecule has 2 N–H and O–H groups in total. The van der Waals surface area contributed by atoms with Gasteiger partial charge in [0.15, 0.2) is 6.10 Å². The molecule has 0 bridgehead atoms. The number of halogens is 2. The molecule has 0 unspecified atom stereocenters. The van der Waals surface area contributed by atoms with E-state index in [1.54, 1.807) is 43.3 Å². The molecular weight excluding hydrogens is 401 g/mol. The van der Waals surface area contributed by atoms with Gasteiger partial charge in [0, 0.05) is 16.3 Å². The molecule has 3 rings (SSSR count). The molecule has 2 aromatic carbocycles. The second-order valence-corrected chi connectivity index (χ2v) is 7.12. The zero-order chi connectivity index (χ0) is 20.3. The number of aryl methyl sites for hydroxylation is 1. The van der Waals surface area contributed by atoms with Crippen LogP contribution in [0.25, 0.3) is 11.3 Å². The molecule has 0 saturated carbocycles. The number of rotatable bonds is 6. The number of hydrogen-bond donors (Lipinski definition) is 2. The maximum Gasteiger partial charge on any atom is 0.265 e. The molecule has 1 aromatic heterocycles. The van der Waals surface area contributed by atoms with Crippen molar-refractivity contribution in [3.05, 3.63) is 69.9 Å². The predicted octanol–water partition coefficient (Wildman–Crippen LogP) is 5.46. The average molecular weight is 420 g/mol. The van der Waals surface area contributed by atoms with Gasteiger partial charge in [0.25, 0.3) is 5.91 Å². The van der Waals surface area contributed by atoms with Crippen LogP contribution in [0, 0.1) is 6.92 Å². The Bertz CT molecular complexity index is 1000. The molecule has 1 amide bonds. The first kappa shape index (κ1) is 20.3. The smallest absolute Gasteiger partial charge is 0.265 e. The highest BCUT2D eigenvalue weighted by molar-refractivity contribution is 6.35. The van der Waals surface area contributed by atoms with Crippen molar-refractivity contribution in [1.29, 1.82) is 0 Å². The summed E-state index contributed by atoms with van der Waals surface area (Å²) in [5, 5.41) is 12.8. The minimum Gasteiger partial charge on any atom is -0.479 e. The van der Waals surface area contributed by atoms with E-state index < -0.39 is 6.10 Å². The van der Waals surface area contributed by atoms with Crippen molar-refractivity contribution in [2.24, 2.45) is 0 Å². The SMILES string of the molecule is Cc1cc(NC(=O)[C@@H](C)Oc2ccc(Cl)cc2Cl)ccc1-c1ccc(CO)o1. The van der Waals surface area contributed by atoms with Gasteiger partial charge in [-0.2, -0.15) is 0 Å². The van der Waals surface area contributed by atoms with Gasteiger partial charge in [0.05, 0.1) is 5.02 Å². The summed E-state index contributed by atoms with van der Waals surface area (Å²) in [5.74, 6) is 1.24. The van der Waals surface area contributed by atoms with E-state index in [2.05, 4.69) is 5.32 Å². The molecule has 0 fully saturated rings. The number of hydrogen-bond acceptors (Lipinski definition) is 4. The molecule has 28 heavy (non-hydrogen) atoms. The Morgan fingerprint density at radius 2 is 1.96 bits per heavy atom. The quantitative estimate of drug-likeness (QED) is 0.556.